The summed E-state index contributed by atoms with van der Waals surface area (Å²) >= 11 is 0. The smallest absolute Gasteiger partial charge is 0.0328 e. The number of fused-ring (bicyclic) bond motifs is 1. The third-order valence-electron chi connectivity index (χ3n) is 8.05. The van der Waals surface area contributed by atoms with Crippen molar-refractivity contribution in [2.75, 3.05) is 0 Å². The number of hydrogen-bond donors (Lipinski definition) is 2. The van der Waals surface area contributed by atoms with Crippen molar-refractivity contribution in [3.05, 3.63) is 94.5 Å². The van der Waals surface area contributed by atoms with Gasteiger partial charge in [-0.2, -0.15) is 0 Å². The molecule has 0 amide bonds. The highest BCUT2D eigenvalue weighted by molar-refractivity contribution is 5.67. The van der Waals surface area contributed by atoms with E-state index in [1.54, 1.807) is 11.1 Å². The minimum Gasteiger partial charge on any atom is -0.307 e. The maximum absolute atomic E-state index is 3.97. The number of benzene rings is 3. The molecule has 3 atom stereocenters. The van der Waals surface area contributed by atoms with Crippen molar-refractivity contribution in [1.29, 1.82) is 0 Å². The summed E-state index contributed by atoms with van der Waals surface area (Å²) in [6.07, 6.45) is 8.88. The molecule has 0 bridgehead atoms. The molecule has 3 aromatic carbocycles. The fraction of sp³-hybridized carbons (Fsp3) is 0.438. The first-order chi connectivity index (χ1) is 16.6. The second-order valence-corrected chi connectivity index (χ2v) is 10.5. The van der Waals surface area contributed by atoms with E-state index in [0.717, 1.165) is 12.5 Å². The van der Waals surface area contributed by atoms with E-state index in [-0.39, 0.29) is 0 Å². The molecule has 34 heavy (non-hydrogen) atoms. The zero-order valence-electron chi connectivity index (χ0n) is 21.1. The molecule has 0 heterocycles. The van der Waals surface area contributed by atoms with Crippen LogP contribution in [0.2, 0.25) is 0 Å². The minimum absolute atomic E-state index is 0.328. The summed E-state index contributed by atoms with van der Waals surface area (Å²) in [5, 5.41) is 7.87. The van der Waals surface area contributed by atoms with Crippen molar-refractivity contribution >= 4 is 0 Å². The largest absolute Gasteiger partial charge is 0.307 e. The summed E-state index contributed by atoms with van der Waals surface area (Å²) in [4.78, 5) is 0. The van der Waals surface area contributed by atoms with Gasteiger partial charge < -0.3 is 10.6 Å². The van der Waals surface area contributed by atoms with Crippen LogP contribution in [0.25, 0.3) is 11.1 Å². The third kappa shape index (κ3) is 4.99. The van der Waals surface area contributed by atoms with Crippen molar-refractivity contribution in [3.8, 4) is 11.1 Å². The molecule has 3 unspecified atom stereocenters. The fourth-order valence-corrected chi connectivity index (χ4v) is 5.82. The van der Waals surface area contributed by atoms with Crippen molar-refractivity contribution in [2.24, 2.45) is 0 Å². The second kappa shape index (κ2) is 10.5. The lowest BCUT2D eigenvalue weighted by Crippen LogP contribution is -2.37. The normalized spacial score (nSPS) is 19.4. The average molecular weight is 453 g/mol. The Morgan fingerprint density at radius 3 is 2.41 bits per heavy atom. The Bertz CT molecular complexity index is 1100. The Labute approximate surface area is 206 Å². The first kappa shape index (κ1) is 23.3. The lowest BCUT2D eigenvalue weighted by Gasteiger charge is -2.30. The van der Waals surface area contributed by atoms with E-state index in [1.807, 2.05) is 0 Å². The molecule has 5 rings (SSSR count). The van der Waals surface area contributed by atoms with Gasteiger partial charge in [-0.1, -0.05) is 86.5 Å². The van der Waals surface area contributed by atoms with E-state index < -0.39 is 0 Å². The van der Waals surface area contributed by atoms with Crippen LogP contribution in [0.4, 0.5) is 0 Å². The lowest BCUT2D eigenvalue weighted by molar-refractivity contribution is 0.304. The minimum atomic E-state index is 0.328. The molecule has 3 aromatic rings. The highest BCUT2D eigenvalue weighted by Gasteiger charge is 2.28. The van der Waals surface area contributed by atoms with Gasteiger partial charge in [-0.05, 0) is 84.9 Å². The van der Waals surface area contributed by atoms with Crippen LogP contribution in [-0.2, 0) is 6.42 Å². The van der Waals surface area contributed by atoms with E-state index in [4.69, 9.17) is 0 Å². The first-order valence-electron chi connectivity index (χ1n) is 13.4. The molecule has 1 saturated carbocycles. The number of nitrogens with one attached hydrogen (secondary N) is 2. The zero-order chi connectivity index (χ0) is 23.5. The average Bonchev–Trinajstić information content (AvgIpc) is 3.23. The van der Waals surface area contributed by atoms with Crippen LogP contribution < -0.4 is 10.6 Å². The van der Waals surface area contributed by atoms with Gasteiger partial charge in [0.2, 0.25) is 0 Å². The van der Waals surface area contributed by atoms with Crippen LogP contribution in [0.1, 0.15) is 98.3 Å². The van der Waals surface area contributed by atoms with Crippen molar-refractivity contribution < 1.29 is 0 Å². The maximum atomic E-state index is 3.97. The van der Waals surface area contributed by atoms with Gasteiger partial charge >= 0.3 is 0 Å². The summed E-state index contributed by atoms with van der Waals surface area (Å²) in [5.74, 6) is 0. The molecule has 1 fully saturated rings. The molecule has 0 saturated heterocycles. The van der Waals surface area contributed by atoms with E-state index in [9.17, 15) is 0 Å². The molecule has 0 aliphatic heterocycles. The summed E-state index contributed by atoms with van der Waals surface area (Å²) in [6, 6.07) is 27.0. The van der Waals surface area contributed by atoms with Crippen LogP contribution >= 0.6 is 0 Å². The predicted octanol–water partition coefficient (Wildman–Crippen LogP) is 7.98. The zero-order valence-corrected chi connectivity index (χ0v) is 21.1. The van der Waals surface area contributed by atoms with Crippen LogP contribution in [0.15, 0.2) is 66.7 Å². The SMILES string of the molecule is CCCC(NC(C)c1ccc2c(c1)CCC2NC1CCC1)c1ccc(-c2ccccc2)c(C)c1. The lowest BCUT2D eigenvalue weighted by atomic mass is 9.91. The summed E-state index contributed by atoms with van der Waals surface area (Å²) < 4.78 is 0. The van der Waals surface area contributed by atoms with Crippen molar-refractivity contribution in [1.82, 2.24) is 10.6 Å². The Hall–Kier alpha value is -2.42. The first-order valence-corrected chi connectivity index (χ1v) is 13.4. The Kier molecular flexibility index (Phi) is 7.18. The summed E-state index contributed by atoms with van der Waals surface area (Å²) in [7, 11) is 0. The van der Waals surface area contributed by atoms with Crippen LogP contribution in [0.3, 0.4) is 0 Å². The highest BCUT2D eigenvalue weighted by Crippen LogP contribution is 2.36. The molecule has 0 spiro atoms. The van der Waals surface area contributed by atoms with Crippen LogP contribution in [-0.4, -0.2) is 6.04 Å². The van der Waals surface area contributed by atoms with Gasteiger partial charge in [-0.15, -0.1) is 0 Å². The molecule has 2 nitrogen and oxygen atoms in total. The van der Waals surface area contributed by atoms with Crippen LogP contribution in [0.5, 0.6) is 0 Å². The quantitative estimate of drug-likeness (QED) is 0.344. The van der Waals surface area contributed by atoms with Crippen molar-refractivity contribution in [2.45, 2.75) is 89.9 Å². The number of rotatable bonds is 9. The van der Waals surface area contributed by atoms with E-state index >= 15 is 0 Å². The highest BCUT2D eigenvalue weighted by atomic mass is 15.0. The number of aryl methyl sites for hydroxylation is 2. The van der Waals surface area contributed by atoms with Crippen molar-refractivity contribution in [3.63, 3.8) is 0 Å². The third-order valence-corrected chi connectivity index (χ3v) is 8.05. The predicted molar refractivity (Wildman–Crippen MR) is 144 cm³/mol. The fourth-order valence-electron chi connectivity index (χ4n) is 5.82. The molecule has 2 N–H and O–H groups in total. The monoisotopic (exact) mass is 452 g/mol. The van der Waals surface area contributed by atoms with Crippen LogP contribution in [0, 0.1) is 6.92 Å². The van der Waals surface area contributed by atoms with Gasteiger partial charge in [0.1, 0.15) is 0 Å². The Balaban J connectivity index is 1.30. The van der Waals surface area contributed by atoms with E-state index in [0.29, 0.717) is 18.1 Å². The Morgan fingerprint density at radius 1 is 0.912 bits per heavy atom. The van der Waals surface area contributed by atoms with Gasteiger partial charge in [0.15, 0.2) is 0 Å². The molecule has 178 valence electrons. The topological polar surface area (TPSA) is 24.1 Å². The second-order valence-electron chi connectivity index (χ2n) is 10.5. The molecule has 2 heteroatoms. The molecular formula is C32H40N2. The van der Waals surface area contributed by atoms with Gasteiger partial charge in [0.25, 0.3) is 0 Å². The molecular weight excluding hydrogens is 412 g/mol. The number of hydrogen-bond acceptors (Lipinski definition) is 2. The van der Waals surface area contributed by atoms with Gasteiger partial charge in [-0.3, -0.25) is 0 Å². The summed E-state index contributed by atoms with van der Waals surface area (Å²) in [6.45, 7) is 6.86. The van der Waals surface area contributed by atoms with Gasteiger partial charge in [-0.25, -0.2) is 0 Å². The molecule has 2 aliphatic carbocycles. The maximum Gasteiger partial charge on any atom is 0.0328 e. The summed E-state index contributed by atoms with van der Waals surface area (Å²) in [5.41, 5.74) is 9.89. The molecule has 0 aromatic heterocycles. The molecule has 2 aliphatic rings. The molecule has 0 radical (unpaired) electrons. The Morgan fingerprint density at radius 2 is 1.71 bits per heavy atom. The van der Waals surface area contributed by atoms with E-state index in [2.05, 4.69) is 98.1 Å². The van der Waals surface area contributed by atoms with Gasteiger partial charge in [0, 0.05) is 24.2 Å². The van der Waals surface area contributed by atoms with Gasteiger partial charge in [0.05, 0.1) is 0 Å². The standard InChI is InChI=1S/C32H40N2/c1-4-9-31(27-15-17-29(22(2)20-27)24-10-6-5-7-11-24)33-23(3)25-14-18-30-26(21-25)16-19-32(30)34-28-12-8-13-28/h5-7,10-11,14-15,17-18,20-21,23,28,31-34H,4,8-9,12-13,16,19H2,1-3H3. The van der Waals surface area contributed by atoms with E-state index in [1.165, 1.54) is 66.3 Å².